The molecule has 0 aliphatic heterocycles. The van der Waals surface area contributed by atoms with E-state index in [9.17, 15) is 14.7 Å². The molecule has 1 aliphatic carbocycles. The number of hydrogen-bond donors (Lipinski definition) is 2. The Hall–Kier alpha value is -3.85. The standard InChI is InChI=1S/C28H33N3O6.C2H6/c1-28(2,3)31-26(14-23(30-31)19-10-20(33)11-19)29-27(34)17-37-25-13-21(35-4)12-24(22(25)15-32)36-16-18-8-6-5-7-9-18;1-2/h5-9,12-15,19-20,33H,10-11,16-17H2,1-4H3,(H,29,34);1-2H3. The molecule has 1 aliphatic rings. The van der Waals surface area contributed by atoms with E-state index in [1.165, 1.54) is 7.11 Å². The van der Waals surface area contributed by atoms with Gasteiger partial charge in [0.1, 0.15) is 29.7 Å². The number of aliphatic hydroxyl groups excluding tert-OH is 1. The molecule has 0 radical (unpaired) electrons. The van der Waals surface area contributed by atoms with Gasteiger partial charge in [-0.15, -0.1) is 0 Å². The Kier molecular flexibility index (Phi) is 10.1. The van der Waals surface area contributed by atoms with Gasteiger partial charge in [-0.3, -0.25) is 9.59 Å². The molecular formula is C30H39N3O6. The maximum Gasteiger partial charge on any atom is 0.263 e. The summed E-state index contributed by atoms with van der Waals surface area (Å²) in [7, 11) is 1.50. The van der Waals surface area contributed by atoms with Gasteiger partial charge in [0, 0.05) is 24.1 Å². The average molecular weight is 538 g/mol. The van der Waals surface area contributed by atoms with Crippen molar-refractivity contribution >= 4 is 18.0 Å². The smallest absolute Gasteiger partial charge is 0.263 e. The van der Waals surface area contributed by atoms with Crippen LogP contribution in [-0.2, 0) is 16.9 Å². The normalized spacial score (nSPS) is 16.3. The van der Waals surface area contributed by atoms with Crippen molar-refractivity contribution in [2.24, 2.45) is 0 Å². The van der Waals surface area contributed by atoms with E-state index in [-0.39, 0.29) is 42.1 Å². The van der Waals surface area contributed by atoms with Crippen LogP contribution in [0.3, 0.4) is 0 Å². The van der Waals surface area contributed by atoms with E-state index < -0.39 is 5.91 Å². The Morgan fingerprint density at radius 2 is 1.74 bits per heavy atom. The van der Waals surface area contributed by atoms with Crippen LogP contribution < -0.4 is 19.5 Å². The highest BCUT2D eigenvalue weighted by Crippen LogP contribution is 2.38. The van der Waals surface area contributed by atoms with Crippen LogP contribution in [0.25, 0.3) is 0 Å². The summed E-state index contributed by atoms with van der Waals surface area (Å²) in [5, 5.41) is 17.2. The first kappa shape index (κ1) is 29.7. The maximum absolute atomic E-state index is 12.9. The van der Waals surface area contributed by atoms with Crippen LogP contribution >= 0.6 is 0 Å². The zero-order chi connectivity index (χ0) is 28.6. The number of nitrogens with zero attached hydrogens (tertiary/aromatic N) is 2. The number of ether oxygens (including phenoxy) is 3. The Labute approximate surface area is 230 Å². The molecule has 1 saturated carbocycles. The van der Waals surface area contributed by atoms with Gasteiger partial charge < -0.3 is 24.6 Å². The van der Waals surface area contributed by atoms with E-state index in [4.69, 9.17) is 14.2 Å². The summed E-state index contributed by atoms with van der Waals surface area (Å²) in [5.41, 5.74) is 1.60. The lowest BCUT2D eigenvalue weighted by atomic mass is 9.80. The summed E-state index contributed by atoms with van der Waals surface area (Å²) >= 11 is 0. The largest absolute Gasteiger partial charge is 0.496 e. The lowest BCUT2D eigenvalue weighted by molar-refractivity contribution is -0.118. The number of anilines is 1. The van der Waals surface area contributed by atoms with Crippen molar-refractivity contribution in [3.63, 3.8) is 0 Å². The lowest BCUT2D eigenvalue weighted by Gasteiger charge is -2.30. The second-order valence-corrected chi connectivity index (χ2v) is 10.1. The van der Waals surface area contributed by atoms with Gasteiger partial charge in [-0.05, 0) is 39.2 Å². The molecule has 1 amide bonds. The van der Waals surface area contributed by atoms with E-state index >= 15 is 0 Å². The van der Waals surface area contributed by atoms with Gasteiger partial charge in [0.2, 0.25) is 0 Å². The van der Waals surface area contributed by atoms with Crippen LogP contribution in [0, 0.1) is 0 Å². The predicted octanol–water partition coefficient (Wildman–Crippen LogP) is 5.32. The molecule has 9 nitrogen and oxygen atoms in total. The fourth-order valence-corrected chi connectivity index (χ4v) is 4.14. The number of aromatic nitrogens is 2. The summed E-state index contributed by atoms with van der Waals surface area (Å²) in [4.78, 5) is 24.8. The number of hydrogen-bond acceptors (Lipinski definition) is 7. The van der Waals surface area contributed by atoms with Crippen molar-refractivity contribution in [2.45, 2.75) is 71.6 Å². The van der Waals surface area contributed by atoms with Crippen LogP contribution in [0.15, 0.2) is 48.5 Å². The van der Waals surface area contributed by atoms with Gasteiger partial charge in [0.25, 0.3) is 5.91 Å². The third-order valence-electron chi connectivity index (χ3n) is 6.19. The van der Waals surface area contributed by atoms with Crippen molar-refractivity contribution in [3.8, 4) is 17.2 Å². The molecule has 2 aromatic carbocycles. The van der Waals surface area contributed by atoms with E-state index in [1.54, 1.807) is 16.8 Å². The molecule has 4 rings (SSSR count). The lowest BCUT2D eigenvalue weighted by Crippen LogP contribution is -2.29. The number of methoxy groups -OCH3 is 1. The predicted molar refractivity (Wildman–Crippen MR) is 150 cm³/mol. The second kappa shape index (κ2) is 13.3. The summed E-state index contributed by atoms with van der Waals surface area (Å²) < 4.78 is 18.8. The third-order valence-corrected chi connectivity index (χ3v) is 6.19. The number of nitrogens with one attached hydrogen (secondary N) is 1. The average Bonchev–Trinajstić information content (AvgIpc) is 3.34. The van der Waals surface area contributed by atoms with Crippen LogP contribution in [0.1, 0.15) is 75.0 Å². The Morgan fingerprint density at radius 3 is 2.31 bits per heavy atom. The molecule has 1 fully saturated rings. The Morgan fingerprint density at radius 1 is 1.10 bits per heavy atom. The SMILES string of the molecule is CC.COc1cc(OCC(=O)Nc2cc(C3CC(O)C3)nn2C(C)(C)C)c(C=O)c(OCc2ccccc2)c1. The zero-order valence-corrected chi connectivity index (χ0v) is 23.6. The first-order valence-electron chi connectivity index (χ1n) is 13.2. The van der Waals surface area contributed by atoms with E-state index in [2.05, 4.69) is 10.4 Å². The number of amides is 1. The van der Waals surface area contributed by atoms with Crippen LogP contribution in [-0.4, -0.2) is 46.9 Å². The first-order chi connectivity index (χ1) is 18.7. The molecule has 0 atom stereocenters. The van der Waals surface area contributed by atoms with Crippen LogP contribution in [0.2, 0.25) is 0 Å². The molecule has 1 heterocycles. The van der Waals surface area contributed by atoms with E-state index in [0.717, 1.165) is 11.3 Å². The molecule has 0 spiro atoms. The number of carbonyl (C=O) groups is 2. The molecule has 210 valence electrons. The molecular weight excluding hydrogens is 498 g/mol. The minimum Gasteiger partial charge on any atom is -0.496 e. The molecule has 39 heavy (non-hydrogen) atoms. The van der Waals surface area contributed by atoms with Crippen LogP contribution in [0.5, 0.6) is 17.2 Å². The van der Waals surface area contributed by atoms with Gasteiger partial charge in [-0.1, -0.05) is 44.2 Å². The molecule has 3 aromatic rings. The van der Waals surface area contributed by atoms with Gasteiger partial charge in [0.05, 0.1) is 30.0 Å². The van der Waals surface area contributed by atoms with Gasteiger partial charge in [-0.25, -0.2) is 4.68 Å². The van der Waals surface area contributed by atoms with Gasteiger partial charge in [0.15, 0.2) is 12.9 Å². The molecule has 1 aromatic heterocycles. The fraction of sp³-hybridized carbons (Fsp3) is 0.433. The number of carbonyl (C=O) groups excluding carboxylic acids is 2. The fourth-order valence-electron chi connectivity index (χ4n) is 4.14. The zero-order valence-electron chi connectivity index (χ0n) is 23.6. The van der Waals surface area contributed by atoms with Crippen molar-refractivity contribution < 1.29 is 28.9 Å². The van der Waals surface area contributed by atoms with Crippen molar-refractivity contribution in [1.82, 2.24) is 9.78 Å². The van der Waals surface area contributed by atoms with Gasteiger partial charge in [-0.2, -0.15) is 5.10 Å². The minimum absolute atomic E-state index is 0.173. The monoisotopic (exact) mass is 537 g/mol. The summed E-state index contributed by atoms with van der Waals surface area (Å²) in [6.45, 7) is 9.91. The van der Waals surface area contributed by atoms with E-state index in [0.29, 0.717) is 36.4 Å². The second-order valence-electron chi connectivity index (χ2n) is 10.1. The van der Waals surface area contributed by atoms with E-state index in [1.807, 2.05) is 71.0 Å². The molecule has 2 N–H and O–H groups in total. The highest BCUT2D eigenvalue weighted by Gasteiger charge is 2.32. The summed E-state index contributed by atoms with van der Waals surface area (Å²) in [6.07, 6.45) is 1.67. The van der Waals surface area contributed by atoms with Crippen LogP contribution in [0.4, 0.5) is 5.82 Å². The molecule has 0 saturated heterocycles. The third kappa shape index (κ3) is 7.60. The molecule has 0 bridgehead atoms. The Balaban J connectivity index is 0.00000205. The maximum atomic E-state index is 12.9. The van der Waals surface area contributed by atoms with Gasteiger partial charge >= 0.3 is 0 Å². The van der Waals surface area contributed by atoms with Crippen molar-refractivity contribution in [3.05, 3.63) is 65.4 Å². The van der Waals surface area contributed by atoms with Crippen molar-refractivity contribution in [1.29, 1.82) is 0 Å². The quantitative estimate of drug-likeness (QED) is 0.337. The number of aliphatic hydroxyl groups is 1. The Bertz CT molecular complexity index is 1240. The topological polar surface area (TPSA) is 112 Å². The highest BCUT2D eigenvalue weighted by atomic mass is 16.5. The molecule has 0 unspecified atom stereocenters. The summed E-state index contributed by atoms with van der Waals surface area (Å²) in [6, 6.07) is 14.6. The van der Waals surface area contributed by atoms with Crippen molar-refractivity contribution in [2.75, 3.05) is 19.0 Å². The number of benzene rings is 2. The summed E-state index contributed by atoms with van der Waals surface area (Å²) in [5.74, 6) is 1.23. The molecule has 9 heteroatoms. The number of aldehydes is 1. The number of rotatable bonds is 10. The highest BCUT2D eigenvalue weighted by molar-refractivity contribution is 5.91. The first-order valence-corrected chi connectivity index (χ1v) is 13.2. The minimum atomic E-state index is -0.406.